The minimum absolute atomic E-state index is 0.872. The van der Waals surface area contributed by atoms with Crippen LogP contribution < -0.4 is 17.2 Å². The van der Waals surface area contributed by atoms with Crippen LogP contribution in [0.5, 0.6) is 0 Å². The first-order valence-corrected chi connectivity index (χ1v) is 26.4. The van der Waals surface area contributed by atoms with Gasteiger partial charge in [0.1, 0.15) is 0 Å². The number of hydrogen-bond acceptors (Lipinski definition) is 3. The van der Waals surface area contributed by atoms with Gasteiger partial charge in [-0.25, -0.2) is 0 Å². The van der Waals surface area contributed by atoms with Gasteiger partial charge in [0, 0.05) is 0 Å². The van der Waals surface area contributed by atoms with Gasteiger partial charge in [0.15, 0.2) is 0 Å². The lowest BCUT2D eigenvalue weighted by Crippen LogP contribution is -2.01. The van der Waals surface area contributed by atoms with E-state index in [-0.39, 0.29) is 0 Å². The molecule has 0 aromatic heterocycles. The molecule has 0 spiro atoms. The Kier molecular flexibility index (Phi) is 51.8. The number of rotatable bonds is 51. The summed E-state index contributed by atoms with van der Waals surface area (Å²) >= 11 is 0. The molecule has 1 unspecified atom stereocenters. The Morgan fingerprint density at radius 1 is 0.145 bits per heavy atom. The van der Waals surface area contributed by atoms with Gasteiger partial charge in [-0.15, -0.1) is 0 Å². The zero-order chi connectivity index (χ0) is 39.6. The van der Waals surface area contributed by atoms with Crippen LogP contribution in [0.2, 0.25) is 0 Å². The summed E-state index contributed by atoms with van der Waals surface area (Å²) in [4.78, 5) is 0. The lowest BCUT2D eigenvalue weighted by atomic mass is 9.89. The maximum Gasteiger partial charge on any atom is -0.00773 e. The molecule has 0 aliphatic rings. The van der Waals surface area contributed by atoms with Crippen LogP contribution in [0.4, 0.5) is 0 Å². The molecule has 3 heteroatoms. The molecule has 0 rings (SSSR count). The molecule has 332 valence electrons. The van der Waals surface area contributed by atoms with Crippen molar-refractivity contribution in [3.63, 3.8) is 0 Å². The van der Waals surface area contributed by atoms with E-state index in [4.69, 9.17) is 17.2 Å². The van der Waals surface area contributed by atoms with Crippen molar-refractivity contribution < 1.29 is 0 Å². The van der Waals surface area contributed by atoms with Gasteiger partial charge in [0.2, 0.25) is 0 Å². The Balaban J connectivity index is 3.94. The number of unbranched alkanes of at least 4 members (excludes halogenated alkanes) is 42. The van der Waals surface area contributed by atoms with E-state index in [1.807, 2.05) is 0 Å². The van der Waals surface area contributed by atoms with Gasteiger partial charge in [-0.2, -0.15) is 0 Å². The highest BCUT2D eigenvalue weighted by atomic mass is 14.5. The van der Waals surface area contributed by atoms with Crippen molar-refractivity contribution in [3.05, 3.63) is 0 Å². The van der Waals surface area contributed by atoms with Gasteiger partial charge in [0.25, 0.3) is 0 Å². The van der Waals surface area contributed by atoms with Crippen LogP contribution in [-0.2, 0) is 0 Å². The van der Waals surface area contributed by atoms with E-state index in [0.29, 0.717) is 0 Å². The third-order valence-corrected chi connectivity index (χ3v) is 12.9. The summed E-state index contributed by atoms with van der Waals surface area (Å²) in [6.45, 7) is 2.61. The van der Waals surface area contributed by atoms with Crippen LogP contribution in [-0.4, -0.2) is 19.6 Å². The topological polar surface area (TPSA) is 78.1 Å². The normalized spacial score (nSPS) is 12.3. The smallest absolute Gasteiger partial charge is 0.00773 e. The summed E-state index contributed by atoms with van der Waals surface area (Å²) < 4.78 is 0. The van der Waals surface area contributed by atoms with Gasteiger partial charge >= 0.3 is 0 Å². The maximum atomic E-state index is 5.61. The Bertz CT molecular complexity index is 638. The molecule has 6 N–H and O–H groups in total. The highest BCUT2D eigenvalue weighted by molar-refractivity contribution is 4.63. The first kappa shape index (κ1) is 54.9. The summed E-state index contributed by atoms with van der Waals surface area (Å²) in [6, 6.07) is 0. The van der Waals surface area contributed by atoms with E-state index in [1.54, 1.807) is 0 Å². The minimum Gasteiger partial charge on any atom is -0.330 e. The molecule has 0 aromatic carbocycles. The molecule has 0 saturated carbocycles. The molecular formula is C52H109N3. The average molecular weight is 776 g/mol. The van der Waals surface area contributed by atoms with E-state index in [9.17, 15) is 0 Å². The zero-order valence-corrected chi connectivity index (χ0v) is 38.4. The van der Waals surface area contributed by atoms with Gasteiger partial charge in [-0.05, 0) is 44.8 Å². The van der Waals surface area contributed by atoms with Crippen LogP contribution in [0.3, 0.4) is 0 Å². The van der Waals surface area contributed by atoms with Crippen LogP contribution in [0, 0.1) is 5.92 Å². The summed E-state index contributed by atoms with van der Waals surface area (Å²) in [5, 5.41) is 0. The molecular weight excluding hydrogens is 667 g/mol. The number of hydrogen-bond donors (Lipinski definition) is 3. The van der Waals surface area contributed by atoms with Crippen LogP contribution in [0.25, 0.3) is 0 Å². The SMILES string of the molecule is NCCCCCCCCCCCCCCCCCCC(CCCCCCCCCCCCCCCCN)CCCCCCCCCCCCCCCCCN. The van der Waals surface area contributed by atoms with Crippen LogP contribution >= 0.6 is 0 Å². The Hall–Kier alpha value is -0.120. The van der Waals surface area contributed by atoms with Crippen molar-refractivity contribution in [3.8, 4) is 0 Å². The molecule has 0 saturated heterocycles. The van der Waals surface area contributed by atoms with Crippen molar-refractivity contribution in [1.82, 2.24) is 0 Å². The summed E-state index contributed by atoms with van der Waals surface area (Å²) in [7, 11) is 0. The van der Waals surface area contributed by atoms with Crippen molar-refractivity contribution in [2.45, 2.75) is 308 Å². The summed E-state index contributed by atoms with van der Waals surface area (Å²) in [6.07, 6.45) is 69.4. The summed E-state index contributed by atoms with van der Waals surface area (Å²) in [5.41, 5.74) is 16.8. The molecule has 0 aromatic rings. The van der Waals surface area contributed by atoms with Gasteiger partial charge in [-0.1, -0.05) is 289 Å². The largest absolute Gasteiger partial charge is 0.330 e. The van der Waals surface area contributed by atoms with Crippen molar-refractivity contribution >= 4 is 0 Å². The molecule has 0 bridgehead atoms. The lowest BCUT2D eigenvalue weighted by molar-refractivity contribution is 0.365. The van der Waals surface area contributed by atoms with E-state index in [2.05, 4.69) is 0 Å². The van der Waals surface area contributed by atoms with Crippen molar-refractivity contribution in [1.29, 1.82) is 0 Å². The third kappa shape index (κ3) is 50.0. The predicted molar refractivity (Wildman–Crippen MR) is 252 cm³/mol. The monoisotopic (exact) mass is 776 g/mol. The molecule has 0 aliphatic heterocycles. The number of nitrogens with two attached hydrogens (primary N) is 3. The third-order valence-electron chi connectivity index (χ3n) is 12.9. The van der Waals surface area contributed by atoms with Crippen molar-refractivity contribution in [2.75, 3.05) is 19.6 Å². The predicted octanol–water partition coefficient (Wildman–Crippen LogP) is 17.2. The quantitative estimate of drug-likeness (QED) is 0.0539. The van der Waals surface area contributed by atoms with E-state index in [1.165, 1.54) is 308 Å². The first-order chi connectivity index (χ1) is 27.3. The lowest BCUT2D eigenvalue weighted by Gasteiger charge is -2.17. The van der Waals surface area contributed by atoms with Crippen LogP contribution in [0.15, 0.2) is 0 Å². The standard InChI is InChI=1S/C52H109N3/c53-49-43-37-31-25-19-13-7-2-1-4-10-16-22-28-34-40-46-52(48-42-36-30-24-18-12-6-9-15-21-27-33-39-45-51-55)47-41-35-29-23-17-11-5-3-8-14-20-26-32-38-44-50-54/h52H,1-51,53-55H2. The fourth-order valence-corrected chi connectivity index (χ4v) is 9.06. The maximum absolute atomic E-state index is 5.61. The fourth-order valence-electron chi connectivity index (χ4n) is 9.06. The van der Waals surface area contributed by atoms with E-state index < -0.39 is 0 Å². The van der Waals surface area contributed by atoms with Gasteiger partial charge < -0.3 is 17.2 Å². The highest BCUT2D eigenvalue weighted by Crippen LogP contribution is 2.25. The minimum atomic E-state index is 0.872. The second kappa shape index (κ2) is 51.9. The Labute approximate surface area is 349 Å². The Morgan fingerprint density at radius 2 is 0.255 bits per heavy atom. The molecule has 0 aliphatic carbocycles. The molecule has 0 fully saturated rings. The molecule has 1 atom stereocenters. The average Bonchev–Trinajstić information content (AvgIpc) is 3.20. The van der Waals surface area contributed by atoms with E-state index in [0.717, 1.165) is 25.6 Å². The summed E-state index contributed by atoms with van der Waals surface area (Å²) in [5.74, 6) is 1.02. The molecule has 3 nitrogen and oxygen atoms in total. The molecule has 0 amide bonds. The Morgan fingerprint density at radius 3 is 0.382 bits per heavy atom. The second-order valence-corrected chi connectivity index (χ2v) is 18.5. The van der Waals surface area contributed by atoms with Crippen LogP contribution in [0.1, 0.15) is 308 Å². The first-order valence-electron chi connectivity index (χ1n) is 26.4. The zero-order valence-electron chi connectivity index (χ0n) is 38.4. The molecule has 0 heterocycles. The van der Waals surface area contributed by atoms with Gasteiger partial charge in [-0.3, -0.25) is 0 Å². The molecule has 0 radical (unpaired) electrons. The molecule has 55 heavy (non-hydrogen) atoms. The highest BCUT2D eigenvalue weighted by Gasteiger charge is 2.09. The fraction of sp³-hybridized carbons (Fsp3) is 1.00. The second-order valence-electron chi connectivity index (χ2n) is 18.5. The van der Waals surface area contributed by atoms with Crippen molar-refractivity contribution in [2.24, 2.45) is 23.1 Å². The van der Waals surface area contributed by atoms with E-state index >= 15 is 0 Å². The van der Waals surface area contributed by atoms with Gasteiger partial charge in [0.05, 0.1) is 0 Å².